The summed E-state index contributed by atoms with van der Waals surface area (Å²) < 4.78 is 5.50. The Bertz CT molecular complexity index is 770. The predicted molar refractivity (Wildman–Crippen MR) is 95.0 cm³/mol. The van der Waals surface area contributed by atoms with Gasteiger partial charge in [0.15, 0.2) is 0 Å². The van der Waals surface area contributed by atoms with Crippen LogP contribution >= 0.6 is 0 Å². The van der Waals surface area contributed by atoms with E-state index in [0.29, 0.717) is 29.3 Å². The maximum Gasteiger partial charge on any atom is 0.254 e. The quantitative estimate of drug-likeness (QED) is 0.827. The van der Waals surface area contributed by atoms with Crippen LogP contribution in [0.4, 0.5) is 0 Å². The molecular formula is C20H25N3O2. The molecule has 0 radical (unpaired) electrons. The number of piperidine rings is 1. The van der Waals surface area contributed by atoms with Gasteiger partial charge in [-0.3, -0.25) is 4.79 Å². The van der Waals surface area contributed by atoms with Crippen LogP contribution in [-0.2, 0) is 0 Å². The molecule has 1 aliphatic heterocycles. The van der Waals surface area contributed by atoms with E-state index in [-0.39, 0.29) is 5.91 Å². The van der Waals surface area contributed by atoms with Crippen molar-refractivity contribution in [3.8, 4) is 11.5 Å². The van der Waals surface area contributed by atoms with Gasteiger partial charge in [0.05, 0.1) is 0 Å². The summed E-state index contributed by atoms with van der Waals surface area (Å²) in [5, 5.41) is 7.94. The smallest absolute Gasteiger partial charge is 0.254 e. The minimum Gasteiger partial charge on any atom is -0.421 e. The van der Waals surface area contributed by atoms with Gasteiger partial charge in [-0.25, -0.2) is 0 Å². The molecule has 1 saturated heterocycles. The van der Waals surface area contributed by atoms with Crippen molar-refractivity contribution in [2.45, 2.75) is 52.0 Å². The molecule has 1 saturated carbocycles. The van der Waals surface area contributed by atoms with Gasteiger partial charge in [0.2, 0.25) is 11.8 Å². The van der Waals surface area contributed by atoms with E-state index in [1.165, 1.54) is 19.3 Å². The second-order valence-corrected chi connectivity index (χ2v) is 7.49. The number of aryl methyl sites for hydroxylation is 1. The molecular weight excluding hydrogens is 314 g/mol. The van der Waals surface area contributed by atoms with Crippen LogP contribution < -0.4 is 0 Å². The third-order valence-electron chi connectivity index (χ3n) is 5.88. The van der Waals surface area contributed by atoms with E-state index in [9.17, 15) is 4.79 Å². The summed E-state index contributed by atoms with van der Waals surface area (Å²) in [4.78, 5) is 15.3. The Labute approximate surface area is 148 Å². The fourth-order valence-corrected chi connectivity index (χ4v) is 4.53. The number of likely N-dealkylation sites (tertiary alicyclic amines) is 1. The SMILES string of the molecule is Cc1nnc(-c2cccc(C(=O)N3CCC(C)C4CCCCC43)c2)o1. The standard InChI is InChI=1S/C20H25N3O2/c1-13-10-11-23(18-9-4-3-8-17(13)18)20(24)16-7-5-6-15(12-16)19-22-21-14(2)25-19/h5-7,12-13,17-18H,3-4,8-11H2,1-2H3. The van der Waals surface area contributed by atoms with Crippen molar-refractivity contribution in [1.82, 2.24) is 15.1 Å². The van der Waals surface area contributed by atoms with Crippen LogP contribution in [0.1, 0.15) is 55.3 Å². The lowest BCUT2D eigenvalue weighted by molar-refractivity contribution is 0.0218. The molecule has 2 aliphatic rings. The Hall–Kier alpha value is -2.17. The molecule has 5 heteroatoms. The van der Waals surface area contributed by atoms with E-state index < -0.39 is 0 Å². The van der Waals surface area contributed by atoms with E-state index in [1.807, 2.05) is 24.3 Å². The highest BCUT2D eigenvalue weighted by atomic mass is 16.4. The number of fused-ring (bicyclic) bond motifs is 1. The van der Waals surface area contributed by atoms with Crippen molar-refractivity contribution in [2.24, 2.45) is 11.8 Å². The molecule has 25 heavy (non-hydrogen) atoms. The molecule has 4 rings (SSSR count). The lowest BCUT2D eigenvalue weighted by Crippen LogP contribution is -2.52. The molecule has 1 amide bonds. The third-order valence-corrected chi connectivity index (χ3v) is 5.88. The van der Waals surface area contributed by atoms with E-state index >= 15 is 0 Å². The molecule has 3 atom stereocenters. The van der Waals surface area contributed by atoms with Crippen molar-refractivity contribution in [1.29, 1.82) is 0 Å². The summed E-state index contributed by atoms with van der Waals surface area (Å²) in [6.45, 7) is 4.98. The van der Waals surface area contributed by atoms with Crippen molar-refractivity contribution in [3.05, 3.63) is 35.7 Å². The van der Waals surface area contributed by atoms with E-state index in [2.05, 4.69) is 22.0 Å². The van der Waals surface area contributed by atoms with Crippen molar-refractivity contribution >= 4 is 5.91 Å². The predicted octanol–water partition coefficient (Wildman–Crippen LogP) is 4.09. The molecule has 2 aromatic rings. The van der Waals surface area contributed by atoms with Gasteiger partial charge in [0.1, 0.15) is 0 Å². The molecule has 0 bridgehead atoms. The fraction of sp³-hybridized carbons (Fsp3) is 0.550. The van der Waals surface area contributed by atoms with Crippen LogP contribution in [0.2, 0.25) is 0 Å². The van der Waals surface area contributed by atoms with Gasteiger partial charge >= 0.3 is 0 Å². The largest absolute Gasteiger partial charge is 0.421 e. The second-order valence-electron chi connectivity index (χ2n) is 7.49. The summed E-state index contributed by atoms with van der Waals surface area (Å²) in [7, 11) is 0. The Morgan fingerprint density at radius 3 is 2.84 bits per heavy atom. The van der Waals surface area contributed by atoms with Crippen molar-refractivity contribution in [3.63, 3.8) is 0 Å². The van der Waals surface area contributed by atoms with Gasteiger partial charge in [0.25, 0.3) is 5.91 Å². The first-order chi connectivity index (χ1) is 12.1. The monoisotopic (exact) mass is 339 g/mol. The number of hydrogen-bond acceptors (Lipinski definition) is 4. The number of amides is 1. The van der Waals surface area contributed by atoms with Crippen LogP contribution in [0.15, 0.2) is 28.7 Å². The zero-order chi connectivity index (χ0) is 17.4. The van der Waals surface area contributed by atoms with Gasteiger partial charge in [-0.2, -0.15) is 0 Å². The molecule has 1 aliphatic carbocycles. The second kappa shape index (κ2) is 6.62. The molecule has 0 spiro atoms. The number of aromatic nitrogens is 2. The molecule has 0 N–H and O–H groups in total. The number of benzene rings is 1. The maximum absolute atomic E-state index is 13.2. The maximum atomic E-state index is 13.2. The van der Waals surface area contributed by atoms with E-state index in [4.69, 9.17) is 4.42 Å². The van der Waals surface area contributed by atoms with Crippen molar-refractivity contribution < 1.29 is 9.21 Å². The summed E-state index contributed by atoms with van der Waals surface area (Å²) >= 11 is 0. The summed E-state index contributed by atoms with van der Waals surface area (Å²) in [6.07, 6.45) is 6.05. The van der Waals surface area contributed by atoms with Crippen molar-refractivity contribution in [2.75, 3.05) is 6.54 Å². The van der Waals surface area contributed by atoms with E-state index in [0.717, 1.165) is 30.9 Å². The van der Waals surface area contributed by atoms with Crippen LogP contribution in [0.25, 0.3) is 11.5 Å². The Morgan fingerprint density at radius 2 is 2.04 bits per heavy atom. The first-order valence-electron chi connectivity index (χ1n) is 9.35. The average Bonchev–Trinajstić information content (AvgIpc) is 3.08. The average molecular weight is 339 g/mol. The zero-order valence-corrected chi connectivity index (χ0v) is 14.9. The van der Waals surface area contributed by atoms with E-state index in [1.54, 1.807) is 6.92 Å². The van der Waals surface area contributed by atoms with Gasteiger partial charge < -0.3 is 9.32 Å². The molecule has 2 heterocycles. The Kier molecular flexibility index (Phi) is 4.32. The number of hydrogen-bond donors (Lipinski definition) is 0. The highest BCUT2D eigenvalue weighted by Crippen LogP contribution is 2.39. The van der Waals surface area contributed by atoms with Gasteiger partial charge in [-0.15, -0.1) is 10.2 Å². The minimum atomic E-state index is 0.141. The normalized spacial score (nSPS) is 26.3. The molecule has 132 valence electrons. The lowest BCUT2D eigenvalue weighted by Gasteiger charge is -2.47. The first-order valence-corrected chi connectivity index (χ1v) is 9.35. The summed E-state index contributed by atoms with van der Waals surface area (Å²) in [6, 6.07) is 7.98. The fourth-order valence-electron chi connectivity index (χ4n) is 4.53. The number of rotatable bonds is 2. The molecule has 1 aromatic heterocycles. The number of nitrogens with zero attached hydrogens (tertiary/aromatic N) is 3. The van der Waals surface area contributed by atoms with Gasteiger partial charge in [-0.05, 0) is 49.3 Å². The first kappa shape index (κ1) is 16.3. The van der Waals surface area contributed by atoms with Gasteiger partial charge in [-0.1, -0.05) is 25.8 Å². The third kappa shape index (κ3) is 3.08. The molecule has 2 fully saturated rings. The highest BCUT2D eigenvalue weighted by Gasteiger charge is 2.39. The lowest BCUT2D eigenvalue weighted by atomic mass is 9.72. The Balaban J connectivity index is 1.60. The zero-order valence-electron chi connectivity index (χ0n) is 14.9. The van der Waals surface area contributed by atoms with Gasteiger partial charge in [0, 0.05) is 30.6 Å². The van der Waals surface area contributed by atoms with Crippen LogP contribution in [0, 0.1) is 18.8 Å². The summed E-state index contributed by atoms with van der Waals surface area (Å²) in [5.74, 6) is 2.52. The number of carbonyl (C=O) groups is 1. The molecule has 3 unspecified atom stereocenters. The van der Waals surface area contributed by atoms with Crippen LogP contribution in [0.5, 0.6) is 0 Å². The Morgan fingerprint density at radius 1 is 1.20 bits per heavy atom. The van der Waals surface area contributed by atoms with Crippen LogP contribution in [-0.4, -0.2) is 33.6 Å². The topological polar surface area (TPSA) is 59.2 Å². The van der Waals surface area contributed by atoms with Crippen LogP contribution in [0.3, 0.4) is 0 Å². The molecule has 5 nitrogen and oxygen atoms in total. The summed E-state index contributed by atoms with van der Waals surface area (Å²) in [5.41, 5.74) is 1.52. The number of carbonyl (C=O) groups excluding carboxylic acids is 1. The molecule has 1 aromatic carbocycles. The minimum absolute atomic E-state index is 0.141. The highest BCUT2D eigenvalue weighted by molar-refractivity contribution is 5.95.